The van der Waals surface area contributed by atoms with Crippen LogP contribution in [-0.2, 0) is 22.0 Å². The lowest BCUT2D eigenvalue weighted by atomic mass is 9.93. The second kappa shape index (κ2) is 9.03. The molecule has 1 aromatic carbocycles. The zero-order chi connectivity index (χ0) is 15.0. The molecular weight excluding hydrogens is 270 g/mol. The summed E-state index contributed by atoms with van der Waals surface area (Å²) < 4.78 is 11.7. The third-order valence-corrected chi connectivity index (χ3v) is 4.58. The van der Waals surface area contributed by atoms with Crippen LogP contribution < -0.4 is 5.32 Å². The lowest BCUT2D eigenvalue weighted by Gasteiger charge is -2.14. The predicted molar refractivity (Wildman–Crippen MR) is 84.4 cm³/mol. The Morgan fingerprint density at radius 2 is 2.05 bits per heavy atom. The van der Waals surface area contributed by atoms with Gasteiger partial charge in [-0.25, -0.2) is 0 Å². The minimum Gasteiger partial charge on any atom is -0.320 e. The second-order valence-corrected chi connectivity index (χ2v) is 6.50. The van der Waals surface area contributed by atoms with E-state index < -0.39 is 10.8 Å². The molecule has 3 nitrogen and oxygen atoms in total. The molecule has 0 amide bonds. The van der Waals surface area contributed by atoms with Gasteiger partial charge in [0.05, 0.1) is 10.8 Å². The van der Waals surface area contributed by atoms with Crippen LogP contribution in [0.15, 0.2) is 29.2 Å². The lowest BCUT2D eigenvalue weighted by Crippen LogP contribution is -2.17. The number of Topliss-reactive ketones (excluding diaryl/α,β-unsaturated/α-hetero) is 1. The quantitative estimate of drug-likeness (QED) is 0.761. The Hall–Kier alpha value is -1.00. The summed E-state index contributed by atoms with van der Waals surface area (Å²) in [6, 6.07) is 7.52. The molecule has 0 aliphatic carbocycles. The Morgan fingerprint density at radius 3 is 2.65 bits per heavy atom. The van der Waals surface area contributed by atoms with E-state index in [-0.39, 0.29) is 5.78 Å². The average Bonchev–Trinajstić information content (AvgIpc) is 2.43. The standard InChI is InChI=1S/C16H25NO2S/c1-4-13(9-10-17-2)11-15(18)12-14-7-5-6-8-16(14)20(3)19/h5-8,13,17H,4,9-12H2,1-3H3. The zero-order valence-corrected chi connectivity index (χ0v) is 13.5. The van der Waals surface area contributed by atoms with Crippen LogP contribution in [0.2, 0.25) is 0 Å². The van der Waals surface area contributed by atoms with E-state index in [4.69, 9.17) is 0 Å². The topological polar surface area (TPSA) is 46.2 Å². The van der Waals surface area contributed by atoms with Gasteiger partial charge in [0.25, 0.3) is 0 Å². The lowest BCUT2D eigenvalue weighted by molar-refractivity contribution is -0.119. The minimum atomic E-state index is -1.04. The highest BCUT2D eigenvalue weighted by molar-refractivity contribution is 7.84. The maximum absolute atomic E-state index is 12.2. The normalized spacial score (nSPS) is 13.9. The van der Waals surface area contributed by atoms with E-state index in [1.807, 2.05) is 31.3 Å². The average molecular weight is 295 g/mol. The Balaban J connectivity index is 2.64. The number of hydrogen-bond acceptors (Lipinski definition) is 3. The smallest absolute Gasteiger partial charge is 0.137 e. The maximum Gasteiger partial charge on any atom is 0.137 e. The van der Waals surface area contributed by atoms with Crippen molar-refractivity contribution in [2.75, 3.05) is 19.8 Å². The molecule has 0 fully saturated rings. The van der Waals surface area contributed by atoms with Crippen LogP contribution >= 0.6 is 0 Å². The third-order valence-electron chi connectivity index (χ3n) is 3.57. The monoisotopic (exact) mass is 295 g/mol. The maximum atomic E-state index is 12.2. The number of carbonyl (C=O) groups is 1. The van der Waals surface area contributed by atoms with Gasteiger partial charge in [-0.3, -0.25) is 9.00 Å². The summed E-state index contributed by atoms with van der Waals surface area (Å²) >= 11 is 0. The fraction of sp³-hybridized carbons (Fsp3) is 0.562. The molecule has 112 valence electrons. The number of carbonyl (C=O) groups excluding carboxylic acids is 1. The van der Waals surface area contributed by atoms with Crippen molar-refractivity contribution in [2.24, 2.45) is 5.92 Å². The number of rotatable bonds is 9. The van der Waals surface area contributed by atoms with Crippen molar-refractivity contribution in [3.8, 4) is 0 Å². The van der Waals surface area contributed by atoms with Crippen LogP contribution in [0, 0.1) is 5.92 Å². The molecule has 1 rings (SSSR count). The van der Waals surface area contributed by atoms with Crippen LogP contribution in [0.25, 0.3) is 0 Å². The van der Waals surface area contributed by atoms with Crippen molar-refractivity contribution in [2.45, 2.75) is 37.5 Å². The Labute approximate surface area is 124 Å². The van der Waals surface area contributed by atoms with Crippen LogP contribution in [0.3, 0.4) is 0 Å². The molecule has 0 spiro atoms. The van der Waals surface area contributed by atoms with E-state index in [2.05, 4.69) is 12.2 Å². The summed E-state index contributed by atoms with van der Waals surface area (Å²) in [6.07, 6.45) is 4.72. The van der Waals surface area contributed by atoms with E-state index in [0.717, 1.165) is 29.8 Å². The van der Waals surface area contributed by atoms with Crippen molar-refractivity contribution in [1.82, 2.24) is 5.32 Å². The molecular formula is C16H25NO2S. The van der Waals surface area contributed by atoms with Crippen molar-refractivity contribution >= 4 is 16.6 Å². The Morgan fingerprint density at radius 1 is 1.35 bits per heavy atom. The van der Waals surface area contributed by atoms with Gasteiger partial charge in [-0.1, -0.05) is 31.5 Å². The molecule has 0 radical (unpaired) electrons. The highest BCUT2D eigenvalue weighted by Gasteiger charge is 2.14. The minimum absolute atomic E-state index is 0.242. The van der Waals surface area contributed by atoms with Gasteiger partial charge >= 0.3 is 0 Å². The van der Waals surface area contributed by atoms with Crippen molar-refractivity contribution in [3.63, 3.8) is 0 Å². The van der Waals surface area contributed by atoms with E-state index in [9.17, 15) is 9.00 Å². The van der Waals surface area contributed by atoms with Crippen molar-refractivity contribution < 1.29 is 9.00 Å². The van der Waals surface area contributed by atoms with Gasteiger partial charge in [0.1, 0.15) is 5.78 Å². The molecule has 20 heavy (non-hydrogen) atoms. The zero-order valence-electron chi connectivity index (χ0n) is 12.6. The van der Waals surface area contributed by atoms with Gasteiger partial charge in [0, 0.05) is 24.0 Å². The fourth-order valence-corrected chi connectivity index (χ4v) is 3.12. The summed E-state index contributed by atoms with van der Waals surface area (Å²) in [6.45, 7) is 3.07. The number of ketones is 1. The van der Waals surface area contributed by atoms with Gasteiger partial charge in [-0.15, -0.1) is 0 Å². The van der Waals surface area contributed by atoms with Crippen LogP contribution in [0.4, 0.5) is 0 Å². The van der Waals surface area contributed by atoms with Crippen LogP contribution in [0.1, 0.15) is 31.7 Å². The molecule has 1 aromatic rings. The highest BCUT2D eigenvalue weighted by Crippen LogP contribution is 2.18. The summed E-state index contributed by atoms with van der Waals surface area (Å²) in [5.41, 5.74) is 0.904. The van der Waals surface area contributed by atoms with Crippen molar-refractivity contribution in [1.29, 1.82) is 0 Å². The number of hydrogen-bond donors (Lipinski definition) is 1. The molecule has 2 atom stereocenters. The first kappa shape index (κ1) is 17.1. The van der Waals surface area contributed by atoms with Gasteiger partial charge in [0.2, 0.25) is 0 Å². The molecule has 0 heterocycles. The Bertz CT molecular complexity index is 460. The van der Waals surface area contributed by atoms with E-state index in [1.54, 1.807) is 6.26 Å². The van der Waals surface area contributed by atoms with E-state index >= 15 is 0 Å². The van der Waals surface area contributed by atoms with E-state index in [0.29, 0.717) is 18.8 Å². The van der Waals surface area contributed by atoms with Gasteiger partial charge in [-0.2, -0.15) is 0 Å². The molecule has 0 saturated heterocycles. The molecule has 0 bridgehead atoms. The predicted octanol–water partition coefficient (Wildman–Crippen LogP) is 2.56. The first-order valence-electron chi connectivity index (χ1n) is 7.16. The van der Waals surface area contributed by atoms with Crippen LogP contribution in [0.5, 0.6) is 0 Å². The first-order valence-corrected chi connectivity index (χ1v) is 8.71. The second-order valence-electron chi connectivity index (χ2n) is 5.15. The largest absolute Gasteiger partial charge is 0.320 e. The molecule has 0 aromatic heterocycles. The summed E-state index contributed by atoms with van der Waals surface area (Å²) in [5, 5.41) is 3.13. The molecule has 1 N–H and O–H groups in total. The van der Waals surface area contributed by atoms with E-state index in [1.165, 1.54) is 0 Å². The van der Waals surface area contributed by atoms with Crippen LogP contribution in [-0.4, -0.2) is 29.8 Å². The fourth-order valence-electron chi connectivity index (χ4n) is 2.34. The highest BCUT2D eigenvalue weighted by atomic mass is 32.2. The molecule has 0 aliphatic rings. The van der Waals surface area contributed by atoms with Crippen molar-refractivity contribution in [3.05, 3.63) is 29.8 Å². The molecule has 4 heteroatoms. The summed E-state index contributed by atoms with van der Waals surface area (Å²) in [5.74, 6) is 0.681. The summed E-state index contributed by atoms with van der Waals surface area (Å²) in [4.78, 5) is 13.0. The number of benzene rings is 1. The molecule has 2 unspecified atom stereocenters. The van der Waals surface area contributed by atoms with Gasteiger partial charge < -0.3 is 5.32 Å². The SMILES string of the molecule is CCC(CCNC)CC(=O)Cc1ccccc1S(C)=O. The molecule has 0 aliphatic heterocycles. The third kappa shape index (κ3) is 5.55. The first-order chi connectivity index (χ1) is 9.58. The summed E-state index contributed by atoms with van der Waals surface area (Å²) in [7, 11) is 0.893. The van der Waals surface area contributed by atoms with Gasteiger partial charge in [-0.05, 0) is 37.6 Å². The number of nitrogens with one attached hydrogen (secondary N) is 1. The molecule has 0 saturated carbocycles. The Kier molecular flexibility index (Phi) is 7.70. The van der Waals surface area contributed by atoms with Gasteiger partial charge in [0.15, 0.2) is 0 Å².